The van der Waals surface area contributed by atoms with Gasteiger partial charge in [0.2, 0.25) is 0 Å². The van der Waals surface area contributed by atoms with E-state index in [0.29, 0.717) is 12.5 Å². The van der Waals surface area contributed by atoms with Crippen LogP contribution in [-0.4, -0.2) is 47.2 Å². The number of H-pyrrole nitrogens is 1. The number of nitrogens with zero attached hydrogens (tertiary/aromatic N) is 2. The Balaban J connectivity index is 1.48. The van der Waals surface area contributed by atoms with Crippen LogP contribution in [0.2, 0.25) is 5.02 Å². The van der Waals surface area contributed by atoms with E-state index in [4.69, 9.17) is 11.6 Å². The maximum atomic E-state index is 12.9. The summed E-state index contributed by atoms with van der Waals surface area (Å²) in [6.07, 6.45) is 5.71. The van der Waals surface area contributed by atoms with Crippen molar-refractivity contribution in [2.24, 2.45) is 0 Å². The highest BCUT2D eigenvalue weighted by atomic mass is 35.5. The first-order valence-corrected chi connectivity index (χ1v) is 9.08. The number of hydrogen-bond donors (Lipinski definition) is 2. The van der Waals surface area contributed by atoms with Crippen molar-refractivity contribution in [2.45, 2.75) is 18.8 Å². The molecule has 2 N–H and O–H groups in total. The molecule has 1 amide bonds. The zero-order valence-electron chi connectivity index (χ0n) is 14.0. The van der Waals surface area contributed by atoms with Crippen LogP contribution >= 0.6 is 11.6 Å². The molecule has 3 heterocycles. The lowest BCUT2D eigenvalue weighted by Gasteiger charge is -2.27. The van der Waals surface area contributed by atoms with Gasteiger partial charge in [0, 0.05) is 30.6 Å². The van der Waals surface area contributed by atoms with Crippen molar-refractivity contribution < 1.29 is 4.79 Å². The summed E-state index contributed by atoms with van der Waals surface area (Å²) in [6.45, 7) is 3.25. The second-order valence-corrected chi connectivity index (χ2v) is 7.06. The number of benzene rings is 1. The molecule has 2 aromatic rings. The summed E-state index contributed by atoms with van der Waals surface area (Å²) in [6, 6.07) is 7.88. The molecule has 5 nitrogen and oxygen atoms in total. The first kappa shape index (κ1) is 16.4. The maximum absolute atomic E-state index is 12.9. The van der Waals surface area contributed by atoms with Gasteiger partial charge in [-0.25, -0.2) is 0 Å². The minimum atomic E-state index is 0.0713. The highest BCUT2D eigenvalue weighted by molar-refractivity contribution is 6.30. The van der Waals surface area contributed by atoms with E-state index in [0.717, 1.165) is 48.8 Å². The van der Waals surface area contributed by atoms with Crippen molar-refractivity contribution in [3.63, 3.8) is 0 Å². The molecule has 130 valence electrons. The number of nitrogens with one attached hydrogen (secondary N) is 2. The van der Waals surface area contributed by atoms with E-state index in [-0.39, 0.29) is 5.91 Å². The minimum absolute atomic E-state index is 0.0713. The number of amides is 1. The van der Waals surface area contributed by atoms with E-state index in [1.165, 1.54) is 11.1 Å². The third-order valence-corrected chi connectivity index (χ3v) is 5.33. The molecule has 25 heavy (non-hydrogen) atoms. The molecule has 1 fully saturated rings. The van der Waals surface area contributed by atoms with Crippen molar-refractivity contribution in [1.29, 1.82) is 0 Å². The SMILES string of the molecule is O=C(c1cn[nH]c1C1CCNC1)N1CC=C(c2ccc(Cl)cc2)CC1. The van der Waals surface area contributed by atoms with E-state index in [2.05, 4.69) is 21.6 Å². The van der Waals surface area contributed by atoms with Crippen LogP contribution in [0.5, 0.6) is 0 Å². The van der Waals surface area contributed by atoms with Gasteiger partial charge in [-0.2, -0.15) is 5.10 Å². The van der Waals surface area contributed by atoms with Crippen LogP contribution in [0.4, 0.5) is 0 Å². The number of hydrogen-bond acceptors (Lipinski definition) is 3. The van der Waals surface area contributed by atoms with E-state index in [1.807, 2.05) is 29.2 Å². The topological polar surface area (TPSA) is 61.0 Å². The number of rotatable bonds is 3. The van der Waals surface area contributed by atoms with Crippen molar-refractivity contribution in [1.82, 2.24) is 20.4 Å². The number of aromatic nitrogens is 2. The van der Waals surface area contributed by atoms with Gasteiger partial charge in [0.05, 0.1) is 17.5 Å². The summed E-state index contributed by atoms with van der Waals surface area (Å²) < 4.78 is 0. The van der Waals surface area contributed by atoms with Gasteiger partial charge in [0.25, 0.3) is 5.91 Å². The summed E-state index contributed by atoms with van der Waals surface area (Å²) >= 11 is 5.96. The first-order chi connectivity index (χ1) is 12.2. The average Bonchev–Trinajstić information content (AvgIpc) is 3.33. The summed E-state index contributed by atoms with van der Waals surface area (Å²) in [4.78, 5) is 14.8. The molecule has 1 saturated heterocycles. The number of aromatic amines is 1. The zero-order chi connectivity index (χ0) is 17.2. The summed E-state index contributed by atoms with van der Waals surface area (Å²) in [5.41, 5.74) is 4.14. The molecule has 6 heteroatoms. The van der Waals surface area contributed by atoms with Crippen LogP contribution in [0.1, 0.15) is 40.4 Å². The standard InChI is InChI=1S/C19H21ClN4O/c20-16-3-1-13(2-4-16)14-6-9-24(10-7-14)19(25)17-12-22-23-18(17)15-5-8-21-11-15/h1-4,6,12,15,21H,5,7-11H2,(H,22,23). The zero-order valence-corrected chi connectivity index (χ0v) is 14.7. The summed E-state index contributed by atoms with van der Waals surface area (Å²) in [7, 11) is 0. The average molecular weight is 357 g/mol. The predicted octanol–water partition coefficient (Wildman–Crippen LogP) is 3.07. The van der Waals surface area contributed by atoms with E-state index >= 15 is 0 Å². The fourth-order valence-corrected chi connectivity index (χ4v) is 3.75. The van der Waals surface area contributed by atoms with Crippen molar-refractivity contribution in [2.75, 3.05) is 26.2 Å². The largest absolute Gasteiger partial charge is 0.334 e. The molecule has 0 aliphatic carbocycles. The van der Waals surface area contributed by atoms with Gasteiger partial charge in [-0.05, 0) is 42.7 Å². The van der Waals surface area contributed by atoms with Gasteiger partial charge in [-0.15, -0.1) is 0 Å². The number of halogens is 1. The molecule has 1 aromatic carbocycles. The van der Waals surface area contributed by atoms with Crippen LogP contribution in [0.15, 0.2) is 36.5 Å². The summed E-state index contributed by atoms with van der Waals surface area (Å²) in [5.74, 6) is 0.425. The predicted molar refractivity (Wildman–Crippen MR) is 98.8 cm³/mol. The van der Waals surface area contributed by atoms with Crippen LogP contribution in [0.25, 0.3) is 5.57 Å². The highest BCUT2D eigenvalue weighted by Gasteiger charge is 2.27. The Hall–Kier alpha value is -2.11. The van der Waals surface area contributed by atoms with Crippen molar-refractivity contribution >= 4 is 23.1 Å². The highest BCUT2D eigenvalue weighted by Crippen LogP contribution is 2.27. The molecule has 0 spiro atoms. The molecule has 1 unspecified atom stereocenters. The quantitative estimate of drug-likeness (QED) is 0.888. The lowest BCUT2D eigenvalue weighted by atomic mass is 9.98. The Morgan fingerprint density at radius 3 is 2.80 bits per heavy atom. The lowest BCUT2D eigenvalue weighted by molar-refractivity contribution is 0.0771. The molecule has 0 saturated carbocycles. The smallest absolute Gasteiger partial charge is 0.257 e. The van der Waals surface area contributed by atoms with Gasteiger partial charge in [-0.1, -0.05) is 29.8 Å². The molecular weight excluding hydrogens is 336 g/mol. The van der Waals surface area contributed by atoms with Gasteiger partial charge in [0.15, 0.2) is 0 Å². The van der Waals surface area contributed by atoms with E-state index < -0.39 is 0 Å². The molecule has 1 aromatic heterocycles. The Labute approximate surface area is 152 Å². The monoisotopic (exact) mass is 356 g/mol. The Kier molecular flexibility index (Phi) is 4.59. The van der Waals surface area contributed by atoms with Gasteiger partial charge in [-0.3, -0.25) is 9.89 Å². The van der Waals surface area contributed by atoms with Crippen LogP contribution < -0.4 is 5.32 Å². The summed E-state index contributed by atoms with van der Waals surface area (Å²) in [5, 5.41) is 11.3. The first-order valence-electron chi connectivity index (χ1n) is 8.70. The van der Waals surface area contributed by atoms with Gasteiger partial charge in [0.1, 0.15) is 0 Å². The Morgan fingerprint density at radius 2 is 2.12 bits per heavy atom. The van der Waals surface area contributed by atoms with Gasteiger partial charge < -0.3 is 10.2 Å². The number of carbonyl (C=O) groups is 1. The second kappa shape index (κ2) is 7.02. The molecular formula is C19H21ClN4O. The Morgan fingerprint density at radius 1 is 1.28 bits per heavy atom. The van der Waals surface area contributed by atoms with Crippen LogP contribution in [0, 0.1) is 0 Å². The lowest BCUT2D eigenvalue weighted by Crippen LogP contribution is -2.35. The normalized spacial score (nSPS) is 20.6. The molecule has 2 aliphatic heterocycles. The van der Waals surface area contributed by atoms with Crippen LogP contribution in [-0.2, 0) is 0 Å². The van der Waals surface area contributed by atoms with Crippen LogP contribution in [0.3, 0.4) is 0 Å². The maximum Gasteiger partial charge on any atom is 0.257 e. The van der Waals surface area contributed by atoms with Crippen molar-refractivity contribution in [3.05, 3.63) is 58.4 Å². The van der Waals surface area contributed by atoms with E-state index in [1.54, 1.807) is 6.20 Å². The van der Waals surface area contributed by atoms with Gasteiger partial charge >= 0.3 is 0 Å². The fourth-order valence-electron chi connectivity index (χ4n) is 3.63. The fraction of sp³-hybridized carbons (Fsp3) is 0.368. The second-order valence-electron chi connectivity index (χ2n) is 6.62. The Bertz CT molecular complexity index is 790. The molecule has 0 radical (unpaired) electrons. The number of carbonyl (C=O) groups excluding carboxylic acids is 1. The molecule has 4 rings (SSSR count). The van der Waals surface area contributed by atoms with E-state index in [9.17, 15) is 4.79 Å². The van der Waals surface area contributed by atoms with Crippen molar-refractivity contribution in [3.8, 4) is 0 Å². The molecule has 0 bridgehead atoms. The minimum Gasteiger partial charge on any atom is -0.334 e. The molecule has 1 atom stereocenters. The third kappa shape index (κ3) is 3.34. The third-order valence-electron chi connectivity index (χ3n) is 5.08. The molecule has 2 aliphatic rings.